The normalized spacial score (nSPS) is 10.2. The fourth-order valence-corrected chi connectivity index (χ4v) is 3.05. The molecule has 0 saturated heterocycles. The van der Waals surface area contributed by atoms with Gasteiger partial charge in [0.1, 0.15) is 0 Å². The average molecular weight is 431 g/mol. The number of benzene rings is 3. The topological polar surface area (TPSA) is 87.7 Å². The maximum Gasteiger partial charge on any atom is 0.338 e. The highest BCUT2D eigenvalue weighted by molar-refractivity contribution is 6.06. The highest BCUT2D eigenvalue weighted by Gasteiger charge is 2.17. The van der Waals surface area contributed by atoms with Crippen LogP contribution in [0.1, 0.15) is 27.6 Å². The molecule has 0 aliphatic heterocycles. The molecule has 2 N–H and O–H groups in total. The van der Waals surface area contributed by atoms with E-state index in [0.29, 0.717) is 30.0 Å². The van der Waals surface area contributed by atoms with E-state index in [-0.39, 0.29) is 12.5 Å². The molecule has 3 rings (SSSR count). The van der Waals surface area contributed by atoms with Crippen molar-refractivity contribution in [1.29, 1.82) is 0 Å². The Labute approximate surface area is 187 Å². The van der Waals surface area contributed by atoms with E-state index in [1.165, 1.54) is 0 Å². The number of ether oxygens (including phenoxy) is 1. The Bertz CT molecular complexity index is 1040. The summed E-state index contributed by atoms with van der Waals surface area (Å²) in [4.78, 5) is 38.6. The Morgan fingerprint density at radius 2 is 1.44 bits per heavy atom. The van der Waals surface area contributed by atoms with Crippen molar-refractivity contribution < 1.29 is 19.1 Å². The Morgan fingerprint density at radius 1 is 0.812 bits per heavy atom. The predicted octanol–water partition coefficient (Wildman–Crippen LogP) is 4.33. The van der Waals surface area contributed by atoms with Crippen LogP contribution in [0.4, 0.5) is 16.2 Å². The van der Waals surface area contributed by atoms with E-state index in [0.717, 1.165) is 5.69 Å². The summed E-state index contributed by atoms with van der Waals surface area (Å²) in [7, 11) is 0. The minimum Gasteiger partial charge on any atom is -0.462 e. The second-order valence-corrected chi connectivity index (χ2v) is 6.84. The Hall–Kier alpha value is -4.13. The third kappa shape index (κ3) is 6.18. The standard InChI is InChI=1S/C25H25N3O4/c1-2-32-24(30)20-13-15-21(16-14-20)27-25(31)26-17-18-28(22-11-7-4-8-12-22)23(29)19-9-5-3-6-10-19/h3-16H,2,17-18H2,1H3,(H2,26,27,31). The molecular formula is C25H25N3O4. The van der Waals surface area contributed by atoms with Crippen LogP contribution < -0.4 is 15.5 Å². The minimum atomic E-state index is -0.410. The zero-order valence-electron chi connectivity index (χ0n) is 17.8. The second kappa shape index (κ2) is 11.3. The van der Waals surface area contributed by atoms with Gasteiger partial charge in [0.05, 0.1) is 12.2 Å². The number of nitrogens with zero attached hydrogens (tertiary/aromatic N) is 1. The van der Waals surface area contributed by atoms with E-state index in [1.54, 1.807) is 48.2 Å². The zero-order chi connectivity index (χ0) is 22.8. The molecule has 0 unspecified atom stereocenters. The summed E-state index contributed by atoms with van der Waals surface area (Å²) >= 11 is 0. The number of para-hydroxylation sites is 1. The molecule has 0 aliphatic rings. The van der Waals surface area contributed by atoms with E-state index in [1.807, 2.05) is 48.5 Å². The van der Waals surface area contributed by atoms with E-state index in [4.69, 9.17) is 4.74 Å². The number of esters is 1. The lowest BCUT2D eigenvalue weighted by Gasteiger charge is -2.23. The van der Waals surface area contributed by atoms with E-state index >= 15 is 0 Å². The molecule has 7 nitrogen and oxygen atoms in total. The number of hydrogen-bond donors (Lipinski definition) is 2. The number of rotatable bonds is 8. The molecule has 3 aromatic carbocycles. The second-order valence-electron chi connectivity index (χ2n) is 6.84. The molecular weight excluding hydrogens is 406 g/mol. The van der Waals surface area contributed by atoms with E-state index in [9.17, 15) is 14.4 Å². The number of carbonyl (C=O) groups excluding carboxylic acids is 3. The highest BCUT2D eigenvalue weighted by atomic mass is 16.5. The van der Waals surface area contributed by atoms with Gasteiger partial charge in [-0.05, 0) is 55.5 Å². The first-order chi connectivity index (χ1) is 15.6. The SMILES string of the molecule is CCOC(=O)c1ccc(NC(=O)NCCN(C(=O)c2ccccc2)c2ccccc2)cc1. The van der Waals surface area contributed by atoms with Gasteiger partial charge in [0, 0.05) is 30.0 Å². The van der Waals surface area contributed by atoms with Crippen LogP contribution in [0, 0.1) is 0 Å². The molecule has 0 aliphatic carbocycles. The van der Waals surface area contributed by atoms with Crippen LogP contribution in [0.3, 0.4) is 0 Å². The van der Waals surface area contributed by atoms with E-state index in [2.05, 4.69) is 10.6 Å². The molecule has 0 atom stereocenters. The molecule has 0 spiro atoms. The van der Waals surface area contributed by atoms with Crippen LogP contribution in [0.15, 0.2) is 84.9 Å². The van der Waals surface area contributed by atoms with E-state index < -0.39 is 12.0 Å². The van der Waals surface area contributed by atoms with Gasteiger partial charge in [0.15, 0.2) is 0 Å². The van der Waals surface area contributed by atoms with Crippen LogP contribution in [0.2, 0.25) is 0 Å². The molecule has 7 heteroatoms. The third-order valence-corrected chi connectivity index (χ3v) is 4.61. The number of nitrogens with one attached hydrogen (secondary N) is 2. The number of urea groups is 1. The fraction of sp³-hybridized carbons (Fsp3) is 0.160. The number of carbonyl (C=O) groups is 3. The number of amides is 3. The summed E-state index contributed by atoms with van der Waals surface area (Å²) < 4.78 is 4.94. The van der Waals surface area contributed by atoms with Crippen molar-refractivity contribution in [3.8, 4) is 0 Å². The molecule has 0 bridgehead atoms. The molecule has 0 fully saturated rings. The van der Waals surface area contributed by atoms with Gasteiger partial charge in [-0.25, -0.2) is 9.59 Å². The van der Waals surface area contributed by atoms with Crippen molar-refractivity contribution in [2.45, 2.75) is 6.92 Å². The largest absolute Gasteiger partial charge is 0.462 e. The monoisotopic (exact) mass is 431 g/mol. The summed E-state index contributed by atoms with van der Waals surface area (Å²) in [5, 5.41) is 5.47. The zero-order valence-corrected chi connectivity index (χ0v) is 17.8. The lowest BCUT2D eigenvalue weighted by Crippen LogP contribution is -2.40. The summed E-state index contributed by atoms with van der Waals surface area (Å²) in [5.74, 6) is -0.554. The molecule has 32 heavy (non-hydrogen) atoms. The lowest BCUT2D eigenvalue weighted by molar-refractivity contribution is 0.0526. The Balaban J connectivity index is 1.58. The molecule has 3 aromatic rings. The van der Waals surface area contributed by atoms with Gasteiger partial charge in [0.2, 0.25) is 0 Å². The Morgan fingerprint density at radius 3 is 2.06 bits per heavy atom. The highest BCUT2D eigenvalue weighted by Crippen LogP contribution is 2.16. The molecule has 0 radical (unpaired) electrons. The molecule has 3 amide bonds. The van der Waals surface area contributed by atoms with Gasteiger partial charge in [-0.3, -0.25) is 4.79 Å². The van der Waals surface area contributed by atoms with Crippen molar-refractivity contribution in [3.05, 3.63) is 96.1 Å². The van der Waals surface area contributed by atoms with Crippen molar-refractivity contribution in [3.63, 3.8) is 0 Å². The van der Waals surface area contributed by atoms with Crippen LogP contribution in [-0.2, 0) is 4.74 Å². The van der Waals surface area contributed by atoms with Gasteiger partial charge in [-0.1, -0.05) is 36.4 Å². The predicted molar refractivity (Wildman–Crippen MR) is 124 cm³/mol. The van der Waals surface area contributed by atoms with Crippen molar-refractivity contribution in [2.24, 2.45) is 0 Å². The maximum absolute atomic E-state index is 13.0. The summed E-state index contributed by atoms with van der Waals surface area (Å²) in [6.07, 6.45) is 0. The smallest absolute Gasteiger partial charge is 0.338 e. The molecule has 0 heterocycles. The summed E-state index contributed by atoms with van der Waals surface area (Å²) in [6, 6.07) is 24.3. The maximum atomic E-state index is 13.0. The van der Waals surface area contributed by atoms with Crippen LogP contribution in [0.5, 0.6) is 0 Å². The first kappa shape index (κ1) is 22.6. The van der Waals surface area contributed by atoms with Crippen LogP contribution in [0.25, 0.3) is 0 Å². The quantitative estimate of drug-likeness (QED) is 0.520. The molecule has 164 valence electrons. The minimum absolute atomic E-state index is 0.145. The summed E-state index contributed by atoms with van der Waals surface area (Å²) in [6.45, 7) is 2.59. The van der Waals surface area contributed by atoms with Crippen molar-refractivity contribution in [1.82, 2.24) is 5.32 Å². The van der Waals surface area contributed by atoms with Gasteiger partial charge < -0.3 is 20.3 Å². The average Bonchev–Trinajstić information content (AvgIpc) is 2.83. The summed E-state index contributed by atoms with van der Waals surface area (Å²) in [5.41, 5.74) is 2.27. The third-order valence-electron chi connectivity index (χ3n) is 4.61. The van der Waals surface area contributed by atoms with Crippen molar-refractivity contribution >= 4 is 29.3 Å². The van der Waals surface area contributed by atoms with Gasteiger partial charge >= 0.3 is 12.0 Å². The van der Waals surface area contributed by atoms with Crippen LogP contribution >= 0.6 is 0 Å². The number of anilines is 2. The van der Waals surface area contributed by atoms with Gasteiger partial charge in [0.25, 0.3) is 5.91 Å². The van der Waals surface area contributed by atoms with Crippen LogP contribution in [-0.4, -0.2) is 37.6 Å². The van der Waals surface area contributed by atoms with Gasteiger partial charge in [-0.15, -0.1) is 0 Å². The van der Waals surface area contributed by atoms with Crippen molar-refractivity contribution in [2.75, 3.05) is 29.9 Å². The molecule has 0 saturated carbocycles. The number of hydrogen-bond acceptors (Lipinski definition) is 4. The molecule has 0 aromatic heterocycles. The first-order valence-corrected chi connectivity index (χ1v) is 10.3. The fourth-order valence-electron chi connectivity index (χ4n) is 3.05. The first-order valence-electron chi connectivity index (χ1n) is 10.3. The lowest BCUT2D eigenvalue weighted by atomic mass is 10.2. The Kier molecular flexibility index (Phi) is 7.97. The van der Waals surface area contributed by atoms with Gasteiger partial charge in [-0.2, -0.15) is 0 Å².